The Hall–Kier alpha value is -2.07. The summed E-state index contributed by atoms with van der Waals surface area (Å²) >= 11 is 6.08. The van der Waals surface area contributed by atoms with Gasteiger partial charge in [-0.25, -0.2) is 4.79 Å². The molecule has 1 saturated heterocycles. The highest BCUT2D eigenvalue weighted by Crippen LogP contribution is 2.50. The lowest BCUT2D eigenvalue weighted by Crippen LogP contribution is -2.28. The fourth-order valence-electron chi connectivity index (χ4n) is 3.90. The summed E-state index contributed by atoms with van der Waals surface area (Å²) in [5, 5.41) is 0.662. The number of rotatable bonds is 4. The van der Waals surface area contributed by atoms with E-state index in [0.29, 0.717) is 18.0 Å². The number of hydrogen-bond acceptors (Lipinski definition) is 3. The SMILES string of the molecule is COC(=O)/C=C/C1=C2N(Cc3cccc(Cl)c3)C(=O)CC2(C)CCC1. The van der Waals surface area contributed by atoms with Crippen LogP contribution >= 0.6 is 11.6 Å². The molecule has 1 aromatic carbocycles. The quantitative estimate of drug-likeness (QED) is 0.596. The lowest BCUT2D eigenvalue weighted by atomic mass is 9.74. The summed E-state index contributed by atoms with van der Waals surface area (Å²) in [6, 6.07) is 7.58. The van der Waals surface area contributed by atoms with Gasteiger partial charge in [0, 0.05) is 28.6 Å². The van der Waals surface area contributed by atoms with Gasteiger partial charge >= 0.3 is 5.97 Å². The van der Waals surface area contributed by atoms with E-state index in [4.69, 9.17) is 16.3 Å². The number of nitrogens with zero attached hydrogens (tertiary/aromatic N) is 1. The van der Waals surface area contributed by atoms with Gasteiger partial charge in [0.25, 0.3) is 0 Å². The third-order valence-corrected chi connectivity index (χ3v) is 5.25. The summed E-state index contributed by atoms with van der Waals surface area (Å²) in [5.41, 5.74) is 2.93. The molecule has 1 heterocycles. The summed E-state index contributed by atoms with van der Waals surface area (Å²) in [5.74, 6) is -0.255. The van der Waals surface area contributed by atoms with Crippen molar-refractivity contribution in [3.05, 3.63) is 58.3 Å². The molecule has 4 nitrogen and oxygen atoms in total. The van der Waals surface area contributed by atoms with Crippen molar-refractivity contribution in [2.24, 2.45) is 5.41 Å². The highest BCUT2D eigenvalue weighted by atomic mass is 35.5. The second-order valence-corrected chi connectivity index (χ2v) is 7.37. The van der Waals surface area contributed by atoms with Crippen molar-refractivity contribution in [2.45, 2.75) is 39.2 Å². The molecule has 0 radical (unpaired) electrons. The Morgan fingerprint density at radius 2 is 2.24 bits per heavy atom. The zero-order valence-corrected chi connectivity index (χ0v) is 15.3. The van der Waals surface area contributed by atoms with Crippen LogP contribution in [0.2, 0.25) is 5.02 Å². The van der Waals surface area contributed by atoms with Crippen molar-refractivity contribution in [3.8, 4) is 0 Å². The zero-order valence-electron chi connectivity index (χ0n) is 14.5. The standard InChI is InChI=1S/C20H22ClNO3/c1-20-10-4-6-15(8-9-18(24)25-2)19(20)22(17(23)12-20)13-14-5-3-7-16(21)11-14/h3,5,7-9,11H,4,6,10,12-13H2,1-2H3/b9-8+. The number of carbonyl (C=O) groups is 2. The van der Waals surface area contributed by atoms with Crippen molar-refractivity contribution < 1.29 is 14.3 Å². The molecule has 1 aromatic rings. The Morgan fingerprint density at radius 1 is 1.44 bits per heavy atom. The number of methoxy groups -OCH3 is 1. The first kappa shape index (κ1) is 17.7. The Labute approximate surface area is 153 Å². The minimum Gasteiger partial charge on any atom is -0.466 e. The molecule has 0 bridgehead atoms. The predicted octanol–water partition coefficient (Wildman–Crippen LogP) is 4.25. The summed E-state index contributed by atoms with van der Waals surface area (Å²) in [7, 11) is 1.36. The molecular weight excluding hydrogens is 338 g/mol. The molecule has 1 aliphatic carbocycles. The average Bonchev–Trinajstić information content (AvgIpc) is 2.83. The number of carbonyl (C=O) groups excluding carboxylic acids is 2. The number of esters is 1. The molecule has 132 valence electrons. The Balaban J connectivity index is 1.98. The molecule has 3 rings (SSSR count). The highest BCUT2D eigenvalue weighted by Gasteiger charge is 2.46. The third kappa shape index (κ3) is 3.64. The van der Waals surface area contributed by atoms with E-state index in [0.717, 1.165) is 36.1 Å². The monoisotopic (exact) mass is 359 g/mol. The number of halogens is 1. The number of likely N-dealkylation sites (tertiary alicyclic amines) is 1. The molecule has 1 atom stereocenters. The van der Waals surface area contributed by atoms with Crippen LogP contribution in [0.3, 0.4) is 0 Å². The van der Waals surface area contributed by atoms with Crippen molar-refractivity contribution in [1.29, 1.82) is 0 Å². The van der Waals surface area contributed by atoms with Crippen molar-refractivity contribution in [2.75, 3.05) is 7.11 Å². The number of amides is 1. The van der Waals surface area contributed by atoms with E-state index in [2.05, 4.69) is 6.92 Å². The van der Waals surface area contributed by atoms with Crippen LogP contribution in [0.1, 0.15) is 38.2 Å². The minimum atomic E-state index is -0.383. The van der Waals surface area contributed by atoms with E-state index < -0.39 is 0 Å². The fraction of sp³-hybridized carbons (Fsp3) is 0.400. The van der Waals surface area contributed by atoms with Crippen LogP contribution in [0.5, 0.6) is 0 Å². The van der Waals surface area contributed by atoms with E-state index in [-0.39, 0.29) is 17.3 Å². The van der Waals surface area contributed by atoms with Gasteiger partial charge in [-0.2, -0.15) is 0 Å². The van der Waals surface area contributed by atoms with Crippen molar-refractivity contribution in [1.82, 2.24) is 4.90 Å². The van der Waals surface area contributed by atoms with Crippen LogP contribution in [0.4, 0.5) is 0 Å². The molecule has 0 N–H and O–H groups in total. The highest BCUT2D eigenvalue weighted by molar-refractivity contribution is 6.30. The summed E-state index contributed by atoms with van der Waals surface area (Å²) in [4.78, 5) is 26.1. The Morgan fingerprint density at radius 3 is 2.96 bits per heavy atom. The van der Waals surface area contributed by atoms with E-state index in [1.807, 2.05) is 35.2 Å². The number of fused-ring (bicyclic) bond motifs is 1. The third-order valence-electron chi connectivity index (χ3n) is 5.01. The maximum Gasteiger partial charge on any atom is 0.330 e. The second-order valence-electron chi connectivity index (χ2n) is 6.93. The first-order chi connectivity index (χ1) is 11.9. The average molecular weight is 360 g/mol. The first-order valence-electron chi connectivity index (χ1n) is 8.47. The van der Waals surface area contributed by atoms with Gasteiger partial charge in [0.1, 0.15) is 0 Å². The molecule has 5 heteroatoms. The van der Waals surface area contributed by atoms with Crippen LogP contribution in [0, 0.1) is 5.41 Å². The number of hydrogen-bond donors (Lipinski definition) is 0. The number of allylic oxidation sites excluding steroid dienone is 3. The zero-order chi connectivity index (χ0) is 18.0. The van der Waals surface area contributed by atoms with Crippen LogP contribution in [-0.4, -0.2) is 23.9 Å². The van der Waals surface area contributed by atoms with Crippen LogP contribution in [0.25, 0.3) is 0 Å². The van der Waals surface area contributed by atoms with Gasteiger partial charge < -0.3 is 9.64 Å². The molecule has 1 aliphatic heterocycles. The van der Waals surface area contributed by atoms with Crippen LogP contribution < -0.4 is 0 Å². The predicted molar refractivity (Wildman–Crippen MR) is 96.8 cm³/mol. The minimum absolute atomic E-state index is 0.128. The molecule has 0 saturated carbocycles. The van der Waals surface area contributed by atoms with Crippen molar-refractivity contribution in [3.63, 3.8) is 0 Å². The van der Waals surface area contributed by atoms with Gasteiger partial charge in [-0.05, 0) is 42.5 Å². The lowest BCUT2D eigenvalue weighted by Gasteiger charge is -2.34. The molecule has 25 heavy (non-hydrogen) atoms. The summed E-state index contributed by atoms with van der Waals surface area (Å²) in [6.45, 7) is 2.64. The van der Waals surface area contributed by atoms with E-state index >= 15 is 0 Å². The van der Waals surface area contributed by atoms with Gasteiger partial charge in [0.2, 0.25) is 5.91 Å². The largest absolute Gasteiger partial charge is 0.466 e. The summed E-state index contributed by atoms with van der Waals surface area (Å²) < 4.78 is 4.69. The van der Waals surface area contributed by atoms with Crippen LogP contribution in [-0.2, 0) is 20.9 Å². The molecule has 0 spiro atoms. The second kappa shape index (κ2) is 7.04. The first-order valence-corrected chi connectivity index (χ1v) is 8.85. The number of ether oxygens (including phenoxy) is 1. The summed E-state index contributed by atoms with van der Waals surface area (Å²) in [6.07, 6.45) is 6.61. The lowest BCUT2D eigenvalue weighted by molar-refractivity contribution is -0.134. The van der Waals surface area contributed by atoms with Crippen molar-refractivity contribution >= 4 is 23.5 Å². The molecular formula is C20H22ClNO3. The van der Waals surface area contributed by atoms with Gasteiger partial charge in [0.15, 0.2) is 0 Å². The van der Waals surface area contributed by atoms with Gasteiger partial charge in [-0.15, -0.1) is 0 Å². The van der Waals surface area contributed by atoms with Crippen LogP contribution in [0.15, 0.2) is 47.7 Å². The van der Waals surface area contributed by atoms with Gasteiger partial charge in [-0.3, -0.25) is 4.79 Å². The topological polar surface area (TPSA) is 46.6 Å². The van der Waals surface area contributed by atoms with E-state index in [1.165, 1.54) is 13.2 Å². The normalized spacial score (nSPS) is 23.3. The molecule has 1 amide bonds. The fourth-order valence-corrected chi connectivity index (χ4v) is 4.12. The molecule has 0 aromatic heterocycles. The Kier molecular flexibility index (Phi) is 5.00. The van der Waals surface area contributed by atoms with Gasteiger partial charge in [-0.1, -0.05) is 36.7 Å². The van der Waals surface area contributed by atoms with E-state index in [1.54, 1.807) is 0 Å². The van der Waals surface area contributed by atoms with E-state index in [9.17, 15) is 9.59 Å². The Bertz CT molecular complexity index is 768. The maximum atomic E-state index is 12.7. The smallest absolute Gasteiger partial charge is 0.330 e. The maximum absolute atomic E-state index is 12.7. The number of benzene rings is 1. The molecule has 1 unspecified atom stereocenters. The molecule has 1 fully saturated rings. The van der Waals surface area contributed by atoms with Gasteiger partial charge in [0.05, 0.1) is 13.7 Å². The molecule has 2 aliphatic rings.